The van der Waals surface area contributed by atoms with Crippen LogP contribution in [0, 0.1) is 0 Å². The fraction of sp³-hybridized carbons (Fsp3) is 0.529. The number of sulfonamides is 1. The van der Waals surface area contributed by atoms with Crippen molar-refractivity contribution in [3.8, 4) is 0 Å². The molecule has 0 spiro atoms. The van der Waals surface area contributed by atoms with Gasteiger partial charge in [-0.2, -0.15) is 0 Å². The molecule has 1 fully saturated rings. The summed E-state index contributed by atoms with van der Waals surface area (Å²) in [6.45, 7) is 1.14. The first-order valence-electron chi connectivity index (χ1n) is 8.50. The number of methoxy groups -OCH3 is 1. The van der Waals surface area contributed by atoms with Gasteiger partial charge in [0.1, 0.15) is 0 Å². The second kappa shape index (κ2) is 9.00. The highest BCUT2D eigenvalue weighted by Gasteiger charge is 2.24. The Morgan fingerprint density at radius 2 is 1.81 bits per heavy atom. The third kappa shape index (κ3) is 5.43. The molecule has 8 nitrogen and oxygen atoms in total. The van der Waals surface area contributed by atoms with E-state index in [2.05, 4.69) is 14.8 Å². The summed E-state index contributed by atoms with van der Waals surface area (Å²) in [5, 5.41) is 2.99. The third-order valence-corrected chi connectivity index (χ3v) is 5.87. The molecule has 1 aliphatic rings. The Morgan fingerprint density at radius 1 is 1.19 bits per heavy atom. The van der Waals surface area contributed by atoms with Crippen LogP contribution in [0.25, 0.3) is 0 Å². The lowest BCUT2D eigenvalue weighted by Gasteiger charge is -2.31. The van der Waals surface area contributed by atoms with E-state index in [1.165, 1.54) is 26.3 Å². The van der Waals surface area contributed by atoms with Gasteiger partial charge in [-0.3, -0.25) is 4.79 Å². The summed E-state index contributed by atoms with van der Waals surface area (Å²) in [5.74, 6) is -0.0477. The van der Waals surface area contributed by atoms with Crippen LogP contribution < -0.4 is 10.0 Å². The molecular weight excluding hydrogens is 358 g/mol. The number of carbonyl (C=O) groups is 2. The number of benzene rings is 1. The highest BCUT2D eigenvalue weighted by Crippen LogP contribution is 2.13. The van der Waals surface area contributed by atoms with Crippen LogP contribution in [-0.4, -0.2) is 58.6 Å². The van der Waals surface area contributed by atoms with Crippen molar-refractivity contribution in [3.63, 3.8) is 0 Å². The summed E-state index contributed by atoms with van der Waals surface area (Å²) in [6.07, 6.45) is 1.94. The van der Waals surface area contributed by atoms with Crippen LogP contribution in [0.3, 0.4) is 0 Å². The molecule has 2 amide bonds. The SMILES string of the molecule is CNS(=O)(=O)c1ccc(CCC(=O)NC2CCN(C(=O)OC)CC2)cc1. The molecule has 9 heteroatoms. The van der Waals surface area contributed by atoms with Crippen molar-refractivity contribution in [1.82, 2.24) is 14.9 Å². The van der Waals surface area contributed by atoms with Gasteiger partial charge < -0.3 is 15.0 Å². The number of carbonyl (C=O) groups excluding carboxylic acids is 2. The molecule has 26 heavy (non-hydrogen) atoms. The standard InChI is InChI=1S/C17H25N3O5S/c1-18-26(23,24)15-6-3-13(4-7-15)5-8-16(21)19-14-9-11-20(12-10-14)17(22)25-2/h3-4,6-7,14,18H,5,8-12H2,1-2H3,(H,19,21). The van der Waals surface area contributed by atoms with Gasteiger partial charge in [0.15, 0.2) is 0 Å². The van der Waals surface area contributed by atoms with Crippen molar-refractivity contribution in [2.24, 2.45) is 0 Å². The van der Waals surface area contributed by atoms with E-state index in [1.54, 1.807) is 17.0 Å². The van der Waals surface area contributed by atoms with E-state index >= 15 is 0 Å². The maximum atomic E-state index is 12.1. The Morgan fingerprint density at radius 3 is 2.35 bits per heavy atom. The lowest BCUT2D eigenvalue weighted by atomic mass is 10.0. The van der Waals surface area contributed by atoms with Crippen LogP contribution in [0.2, 0.25) is 0 Å². The van der Waals surface area contributed by atoms with Gasteiger partial charge in [-0.15, -0.1) is 0 Å². The molecule has 1 aromatic rings. The molecule has 2 rings (SSSR count). The molecule has 1 aromatic carbocycles. The van der Waals surface area contributed by atoms with Crippen LogP contribution in [0.4, 0.5) is 4.79 Å². The number of nitrogens with zero attached hydrogens (tertiary/aromatic N) is 1. The molecule has 0 aromatic heterocycles. The quantitative estimate of drug-likeness (QED) is 0.759. The average molecular weight is 383 g/mol. The number of ether oxygens (including phenoxy) is 1. The van der Waals surface area contributed by atoms with Crippen molar-refractivity contribution in [1.29, 1.82) is 0 Å². The van der Waals surface area contributed by atoms with Gasteiger partial charge in [0.05, 0.1) is 12.0 Å². The topological polar surface area (TPSA) is 105 Å². The van der Waals surface area contributed by atoms with E-state index in [1.807, 2.05) is 0 Å². The van der Waals surface area contributed by atoms with E-state index < -0.39 is 10.0 Å². The summed E-state index contributed by atoms with van der Waals surface area (Å²) in [4.78, 5) is 25.4. The summed E-state index contributed by atoms with van der Waals surface area (Å²) in [7, 11) is -0.722. The zero-order valence-electron chi connectivity index (χ0n) is 15.0. The van der Waals surface area contributed by atoms with Crippen LogP contribution in [0.5, 0.6) is 0 Å². The van der Waals surface area contributed by atoms with Crippen LogP contribution in [0.15, 0.2) is 29.2 Å². The predicted octanol–water partition coefficient (Wildman–Crippen LogP) is 0.874. The van der Waals surface area contributed by atoms with Crippen molar-refractivity contribution < 1.29 is 22.7 Å². The smallest absolute Gasteiger partial charge is 0.409 e. The number of amides is 2. The van der Waals surface area contributed by atoms with Gasteiger partial charge in [-0.1, -0.05) is 12.1 Å². The molecule has 1 heterocycles. The van der Waals surface area contributed by atoms with Crippen LogP contribution in [0.1, 0.15) is 24.8 Å². The molecule has 0 bridgehead atoms. The molecule has 0 aliphatic carbocycles. The first-order chi connectivity index (χ1) is 12.4. The third-order valence-electron chi connectivity index (χ3n) is 4.44. The minimum absolute atomic E-state index is 0.0477. The average Bonchev–Trinajstić information content (AvgIpc) is 2.66. The fourth-order valence-corrected chi connectivity index (χ4v) is 3.58. The molecule has 0 unspecified atom stereocenters. The number of likely N-dealkylation sites (tertiary alicyclic amines) is 1. The normalized spacial score (nSPS) is 15.5. The highest BCUT2D eigenvalue weighted by molar-refractivity contribution is 7.89. The van der Waals surface area contributed by atoms with Crippen molar-refractivity contribution in [3.05, 3.63) is 29.8 Å². The molecule has 0 saturated carbocycles. The first kappa shape index (κ1) is 20.2. The Labute approximate surface area is 153 Å². The predicted molar refractivity (Wildman–Crippen MR) is 96.2 cm³/mol. The fourth-order valence-electron chi connectivity index (χ4n) is 2.85. The van der Waals surface area contributed by atoms with Crippen LogP contribution >= 0.6 is 0 Å². The van der Waals surface area contributed by atoms with Gasteiger partial charge in [0, 0.05) is 25.6 Å². The van der Waals surface area contributed by atoms with Crippen LogP contribution in [-0.2, 0) is 26.0 Å². The number of nitrogens with one attached hydrogen (secondary N) is 2. The van der Waals surface area contributed by atoms with E-state index in [0.29, 0.717) is 38.8 Å². The minimum atomic E-state index is -3.44. The molecule has 2 N–H and O–H groups in total. The lowest BCUT2D eigenvalue weighted by molar-refractivity contribution is -0.122. The number of rotatable bonds is 6. The number of piperidine rings is 1. The second-order valence-electron chi connectivity index (χ2n) is 6.15. The largest absolute Gasteiger partial charge is 0.453 e. The van der Waals surface area contributed by atoms with E-state index in [-0.39, 0.29) is 22.9 Å². The monoisotopic (exact) mass is 383 g/mol. The number of aryl methyl sites for hydroxylation is 1. The highest BCUT2D eigenvalue weighted by atomic mass is 32.2. The van der Waals surface area contributed by atoms with E-state index in [0.717, 1.165) is 5.56 Å². The Bertz CT molecular complexity index is 725. The number of hydrogen-bond acceptors (Lipinski definition) is 5. The second-order valence-corrected chi connectivity index (χ2v) is 8.04. The molecular formula is C17H25N3O5S. The van der Waals surface area contributed by atoms with Crippen molar-refractivity contribution in [2.75, 3.05) is 27.2 Å². The lowest BCUT2D eigenvalue weighted by Crippen LogP contribution is -2.46. The van der Waals surface area contributed by atoms with Gasteiger partial charge in [-0.25, -0.2) is 17.9 Å². The zero-order valence-corrected chi connectivity index (χ0v) is 15.8. The summed E-state index contributed by atoms with van der Waals surface area (Å²) in [6, 6.07) is 6.55. The van der Waals surface area contributed by atoms with E-state index in [9.17, 15) is 18.0 Å². The van der Waals surface area contributed by atoms with Crippen molar-refractivity contribution in [2.45, 2.75) is 36.6 Å². The molecule has 0 radical (unpaired) electrons. The first-order valence-corrected chi connectivity index (χ1v) is 9.99. The maximum Gasteiger partial charge on any atom is 0.409 e. The van der Waals surface area contributed by atoms with Gasteiger partial charge in [-0.05, 0) is 44.0 Å². The molecule has 1 saturated heterocycles. The maximum absolute atomic E-state index is 12.1. The molecule has 0 atom stereocenters. The summed E-state index contributed by atoms with van der Waals surface area (Å²) in [5.41, 5.74) is 0.899. The molecule has 144 valence electrons. The molecule has 1 aliphatic heterocycles. The summed E-state index contributed by atoms with van der Waals surface area (Å²) >= 11 is 0. The van der Waals surface area contributed by atoms with Crippen molar-refractivity contribution >= 4 is 22.0 Å². The van der Waals surface area contributed by atoms with Gasteiger partial charge in [0.25, 0.3) is 0 Å². The van der Waals surface area contributed by atoms with E-state index in [4.69, 9.17) is 0 Å². The Hall–Kier alpha value is -2.13. The van der Waals surface area contributed by atoms with Gasteiger partial charge >= 0.3 is 6.09 Å². The Balaban J connectivity index is 1.76. The summed E-state index contributed by atoms with van der Waals surface area (Å²) < 4.78 is 30.3. The minimum Gasteiger partial charge on any atom is -0.453 e. The zero-order chi connectivity index (χ0) is 19.2. The van der Waals surface area contributed by atoms with Gasteiger partial charge in [0.2, 0.25) is 15.9 Å². The Kier molecular flexibility index (Phi) is 6.98. The number of hydrogen-bond donors (Lipinski definition) is 2.